The average Bonchev–Trinajstić information content (AvgIpc) is 3.40. The quantitative estimate of drug-likeness (QED) is 0.483. The highest BCUT2D eigenvalue weighted by molar-refractivity contribution is 5.98. The third-order valence-corrected chi connectivity index (χ3v) is 4.40. The van der Waals surface area contributed by atoms with Crippen LogP contribution < -0.4 is 15.4 Å². The molecule has 1 aromatic carbocycles. The molecular weight excluding hydrogens is 398 g/mol. The molecule has 0 aliphatic heterocycles. The number of nitrogens with zero attached hydrogens (tertiary/aromatic N) is 7. The van der Waals surface area contributed by atoms with E-state index in [4.69, 9.17) is 8.85 Å². The highest BCUT2D eigenvalue weighted by atomic mass is 16.5. The summed E-state index contributed by atoms with van der Waals surface area (Å²) < 4.78 is 30.7. The van der Waals surface area contributed by atoms with Gasteiger partial charge in [-0.25, -0.2) is 9.67 Å². The molecule has 4 aromatic rings. The first-order valence-corrected chi connectivity index (χ1v) is 9.17. The van der Waals surface area contributed by atoms with E-state index >= 15 is 0 Å². The summed E-state index contributed by atoms with van der Waals surface area (Å²) in [6, 6.07) is 8.62. The van der Waals surface area contributed by atoms with Crippen molar-refractivity contribution in [2.75, 3.05) is 19.4 Å². The highest BCUT2D eigenvalue weighted by Gasteiger charge is 2.19. The fraction of sp³-hybridized carbons (Fsp3) is 0.200. The zero-order valence-electron chi connectivity index (χ0n) is 20.0. The zero-order chi connectivity index (χ0) is 24.5. The van der Waals surface area contributed by atoms with E-state index in [2.05, 4.69) is 30.7 Å². The van der Waals surface area contributed by atoms with Gasteiger partial charge in [-0.2, -0.15) is 10.2 Å². The Morgan fingerprint density at radius 2 is 2.06 bits per heavy atom. The van der Waals surface area contributed by atoms with Gasteiger partial charge in [-0.15, -0.1) is 10.2 Å². The summed E-state index contributed by atoms with van der Waals surface area (Å²) in [6.07, 6.45) is 3.26. The van der Waals surface area contributed by atoms with Crippen molar-refractivity contribution < 1.29 is 13.6 Å². The average molecular weight is 422 g/mol. The second-order valence-corrected chi connectivity index (χ2v) is 6.57. The maximum Gasteiger partial charge on any atom is 0.273 e. The molecule has 31 heavy (non-hydrogen) atoms. The minimum atomic E-state index is -2.70. The van der Waals surface area contributed by atoms with Crippen LogP contribution in [0.4, 0.5) is 11.4 Å². The molecule has 158 valence electrons. The molecule has 0 unspecified atom stereocenters. The number of carbonyl (C=O) groups excluding carboxylic acids is 1. The van der Waals surface area contributed by atoms with E-state index < -0.39 is 12.9 Å². The topological polar surface area (TPSA) is 125 Å². The summed E-state index contributed by atoms with van der Waals surface area (Å²) >= 11 is 0. The van der Waals surface area contributed by atoms with Crippen molar-refractivity contribution in [2.45, 2.75) is 6.92 Å². The van der Waals surface area contributed by atoms with Crippen molar-refractivity contribution in [1.82, 2.24) is 40.1 Å². The number of benzene rings is 1. The Morgan fingerprint density at radius 1 is 1.19 bits per heavy atom. The van der Waals surface area contributed by atoms with Gasteiger partial charge >= 0.3 is 0 Å². The molecule has 0 bridgehead atoms. The molecule has 4 rings (SSSR count). The van der Waals surface area contributed by atoms with Gasteiger partial charge in [0.05, 0.1) is 29.7 Å². The first-order valence-electron chi connectivity index (χ1n) is 10.7. The molecule has 11 nitrogen and oxygen atoms in total. The van der Waals surface area contributed by atoms with Crippen molar-refractivity contribution in [3.63, 3.8) is 0 Å². The lowest BCUT2D eigenvalue weighted by Gasteiger charge is -2.16. The van der Waals surface area contributed by atoms with E-state index in [1.165, 1.54) is 11.8 Å². The van der Waals surface area contributed by atoms with Crippen LogP contribution >= 0.6 is 0 Å². The summed E-state index contributed by atoms with van der Waals surface area (Å²) in [6.45, 7) is -0.876. The maximum absolute atomic E-state index is 12.7. The number of carbonyl (C=O) groups is 1. The third-order valence-electron chi connectivity index (χ3n) is 4.40. The van der Waals surface area contributed by atoms with E-state index in [1.54, 1.807) is 54.6 Å². The van der Waals surface area contributed by atoms with Gasteiger partial charge in [-0.1, -0.05) is 6.07 Å². The van der Waals surface area contributed by atoms with Gasteiger partial charge in [-0.3, -0.25) is 9.48 Å². The number of para-hydroxylation sites is 1. The van der Waals surface area contributed by atoms with Crippen LogP contribution in [0.15, 0.2) is 42.9 Å². The fourth-order valence-electron chi connectivity index (χ4n) is 3.00. The summed E-state index contributed by atoms with van der Waals surface area (Å²) in [5.74, 6) is 0.273. The number of aromatic nitrogens is 7. The van der Waals surface area contributed by atoms with E-state index in [0.717, 1.165) is 5.69 Å². The normalized spacial score (nSPS) is 12.5. The molecule has 0 saturated heterocycles. The third kappa shape index (κ3) is 3.92. The number of nitrogens with one attached hydrogen (secondary N) is 2. The number of rotatable bonds is 6. The molecule has 0 saturated carbocycles. The van der Waals surface area contributed by atoms with Crippen LogP contribution in [0, 0.1) is 6.92 Å². The van der Waals surface area contributed by atoms with Crippen molar-refractivity contribution in [3.8, 4) is 23.0 Å². The monoisotopic (exact) mass is 422 g/mol. The summed E-state index contributed by atoms with van der Waals surface area (Å²) in [5.41, 5.74) is 1.84. The maximum atomic E-state index is 12.7. The van der Waals surface area contributed by atoms with Crippen LogP contribution in [0.1, 0.15) is 20.3 Å². The molecular formula is C20H21N9O2. The van der Waals surface area contributed by atoms with Crippen LogP contribution in [0.5, 0.6) is 5.75 Å². The molecule has 0 fully saturated rings. The molecule has 0 aliphatic carbocycles. The second-order valence-electron chi connectivity index (χ2n) is 6.57. The smallest absolute Gasteiger partial charge is 0.273 e. The number of anilines is 2. The Labute approximate surface area is 182 Å². The van der Waals surface area contributed by atoms with Gasteiger partial charge < -0.3 is 15.4 Å². The Kier molecular flexibility index (Phi) is 4.38. The zero-order valence-corrected chi connectivity index (χ0v) is 17.0. The summed E-state index contributed by atoms with van der Waals surface area (Å²) in [4.78, 5) is 16.9. The minimum absolute atomic E-state index is 0.198. The fourth-order valence-corrected chi connectivity index (χ4v) is 3.00. The number of hydrogen-bond acceptors (Lipinski definition) is 8. The molecule has 3 heterocycles. The molecule has 0 radical (unpaired) electrons. The Hall–Kier alpha value is -4.28. The summed E-state index contributed by atoms with van der Waals surface area (Å²) in [5, 5.41) is 21.7. The highest BCUT2D eigenvalue weighted by Crippen LogP contribution is 2.36. The molecule has 2 N–H and O–H groups in total. The minimum Gasteiger partial charge on any atom is -0.494 e. The Bertz CT molecular complexity index is 1350. The van der Waals surface area contributed by atoms with Crippen LogP contribution in [0.2, 0.25) is 0 Å². The standard InChI is InChI=1S/C20H21N9O2/c1-12-8-9-29(26-12)16-10-15(17(25-24-16)20(30)21-2)23-14-7-5-6-13(18(14)31-4)19-22-11-28(3)27-19/h5-11H,1-4H3,(H,21,30)(H,23,24)/i2D3. The lowest BCUT2D eigenvalue weighted by molar-refractivity contribution is 0.0958. The van der Waals surface area contributed by atoms with Gasteiger partial charge in [0, 0.05) is 30.4 Å². The Balaban J connectivity index is 1.80. The predicted octanol–water partition coefficient (Wildman–Crippen LogP) is 1.88. The molecule has 11 heteroatoms. The van der Waals surface area contributed by atoms with Crippen molar-refractivity contribution in [2.24, 2.45) is 7.05 Å². The number of aryl methyl sites for hydroxylation is 2. The van der Waals surface area contributed by atoms with Crippen molar-refractivity contribution in [3.05, 3.63) is 54.2 Å². The molecule has 0 aliphatic rings. The lowest BCUT2D eigenvalue weighted by Crippen LogP contribution is -2.22. The lowest BCUT2D eigenvalue weighted by atomic mass is 10.1. The van der Waals surface area contributed by atoms with Crippen molar-refractivity contribution >= 4 is 17.3 Å². The number of hydrogen-bond donors (Lipinski definition) is 2. The Morgan fingerprint density at radius 3 is 2.74 bits per heavy atom. The van der Waals surface area contributed by atoms with Crippen LogP contribution in [0.3, 0.4) is 0 Å². The SMILES string of the molecule is [2H]C([2H])([2H])NC(=O)c1nnc(-n2ccc(C)n2)cc1Nc1cccc(-c2ncn(C)n2)c1OC. The molecule has 3 aromatic heterocycles. The van der Waals surface area contributed by atoms with Gasteiger partial charge in [-0.05, 0) is 25.1 Å². The van der Waals surface area contributed by atoms with Crippen LogP contribution in [0.25, 0.3) is 17.2 Å². The van der Waals surface area contributed by atoms with Crippen molar-refractivity contribution in [1.29, 1.82) is 0 Å². The van der Waals surface area contributed by atoms with Crippen LogP contribution in [-0.4, -0.2) is 54.7 Å². The van der Waals surface area contributed by atoms with Gasteiger partial charge in [0.25, 0.3) is 5.91 Å². The summed E-state index contributed by atoms with van der Waals surface area (Å²) in [7, 11) is 3.25. The van der Waals surface area contributed by atoms with Gasteiger partial charge in [0.2, 0.25) is 0 Å². The molecule has 0 atom stereocenters. The predicted molar refractivity (Wildman–Crippen MR) is 114 cm³/mol. The number of ether oxygens (including phenoxy) is 1. The number of amides is 1. The molecule has 1 amide bonds. The second kappa shape index (κ2) is 8.22. The van der Waals surface area contributed by atoms with Crippen LogP contribution in [-0.2, 0) is 7.05 Å². The van der Waals surface area contributed by atoms with E-state index in [1.807, 2.05) is 12.2 Å². The largest absolute Gasteiger partial charge is 0.494 e. The van der Waals surface area contributed by atoms with E-state index in [0.29, 0.717) is 28.6 Å². The number of methoxy groups -OCH3 is 1. The van der Waals surface area contributed by atoms with Gasteiger partial charge in [0.15, 0.2) is 23.1 Å². The van der Waals surface area contributed by atoms with E-state index in [9.17, 15) is 4.79 Å². The first kappa shape index (κ1) is 16.5. The van der Waals surface area contributed by atoms with Gasteiger partial charge in [0.1, 0.15) is 6.33 Å². The van der Waals surface area contributed by atoms with E-state index in [-0.39, 0.29) is 11.4 Å². The first-order chi connectivity index (χ1) is 16.1. The molecule has 0 spiro atoms.